The highest BCUT2D eigenvalue weighted by Gasteiger charge is 2.43. The van der Waals surface area contributed by atoms with E-state index in [9.17, 15) is 9.59 Å². The van der Waals surface area contributed by atoms with Crippen LogP contribution in [0.25, 0.3) is 0 Å². The van der Waals surface area contributed by atoms with Gasteiger partial charge >= 0.3 is 6.03 Å². The van der Waals surface area contributed by atoms with Gasteiger partial charge in [-0.2, -0.15) is 0 Å². The van der Waals surface area contributed by atoms with E-state index in [-0.39, 0.29) is 11.9 Å². The van der Waals surface area contributed by atoms with Gasteiger partial charge in [-0.3, -0.25) is 9.69 Å². The van der Waals surface area contributed by atoms with Gasteiger partial charge in [-0.15, -0.1) is 0 Å². The highest BCUT2D eigenvalue weighted by molar-refractivity contribution is 6.06. The number of rotatable bonds is 3. The molecule has 86 valence electrons. The van der Waals surface area contributed by atoms with Crippen LogP contribution in [0.1, 0.15) is 13.8 Å². The lowest BCUT2D eigenvalue weighted by Crippen LogP contribution is -2.40. The summed E-state index contributed by atoms with van der Waals surface area (Å²) in [6.45, 7) is 4.33. The lowest BCUT2D eigenvalue weighted by atomic mass is 10.1. The zero-order valence-electron chi connectivity index (χ0n) is 9.30. The van der Waals surface area contributed by atoms with Crippen LogP contribution in [0.5, 0.6) is 0 Å². The molecule has 0 bridgehead atoms. The van der Waals surface area contributed by atoms with Gasteiger partial charge in [-0.25, -0.2) is 9.78 Å². The molecule has 1 fully saturated rings. The highest BCUT2D eigenvalue weighted by Crippen LogP contribution is 2.16. The molecule has 6 heteroatoms. The summed E-state index contributed by atoms with van der Waals surface area (Å²) in [6, 6.07) is -0.324. The van der Waals surface area contributed by atoms with Crippen molar-refractivity contribution in [3.8, 4) is 0 Å². The molecule has 16 heavy (non-hydrogen) atoms. The number of hydrogen-bond donors (Lipinski definition) is 1. The first-order valence-electron chi connectivity index (χ1n) is 5.10. The van der Waals surface area contributed by atoms with Crippen molar-refractivity contribution in [1.29, 1.82) is 0 Å². The van der Waals surface area contributed by atoms with Crippen LogP contribution >= 0.6 is 0 Å². The molecule has 6 nitrogen and oxygen atoms in total. The number of amides is 3. The van der Waals surface area contributed by atoms with Crippen molar-refractivity contribution < 1.29 is 9.59 Å². The van der Waals surface area contributed by atoms with Crippen molar-refractivity contribution >= 4 is 11.9 Å². The number of carbonyl (C=O) groups excluding carboxylic acids is 2. The second kappa shape index (κ2) is 3.62. The zero-order valence-corrected chi connectivity index (χ0v) is 9.30. The summed E-state index contributed by atoms with van der Waals surface area (Å²) in [5, 5.41) is 2.64. The van der Waals surface area contributed by atoms with Gasteiger partial charge in [-0.1, -0.05) is 0 Å². The molecule has 1 aliphatic rings. The monoisotopic (exact) mass is 222 g/mol. The summed E-state index contributed by atoms with van der Waals surface area (Å²) in [6.07, 6.45) is 5.11. The second-order valence-electron chi connectivity index (χ2n) is 4.31. The maximum atomic E-state index is 11.8. The lowest BCUT2D eigenvalue weighted by molar-refractivity contribution is -0.130. The number of imidazole rings is 1. The van der Waals surface area contributed by atoms with Gasteiger partial charge in [0.05, 0.1) is 6.33 Å². The molecule has 0 atom stereocenters. The van der Waals surface area contributed by atoms with Crippen molar-refractivity contribution in [2.24, 2.45) is 0 Å². The summed E-state index contributed by atoms with van der Waals surface area (Å²) in [5.74, 6) is -0.183. The quantitative estimate of drug-likeness (QED) is 0.743. The van der Waals surface area contributed by atoms with Crippen LogP contribution in [0.2, 0.25) is 0 Å². The van der Waals surface area contributed by atoms with Crippen LogP contribution < -0.4 is 5.32 Å². The van der Waals surface area contributed by atoms with Gasteiger partial charge in [-0.05, 0) is 13.8 Å². The SMILES string of the molecule is CC1(C)NC(=O)N(CCn2ccnc2)C1=O. The summed E-state index contributed by atoms with van der Waals surface area (Å²) in [5.41, 5.74) is -0.786. The fourth-order valence-corrected chi connectivity index (χ4v) is 1.66. The molecular weight excluding hydrogens is 208 g/mol. The molecule has 0 saturated carbocycles. The fraction of sp³-hybridized carbons (Fsp3) is 0.500. The first-order chi connectivity index (χ1) is 7.50. The van der Waals surface area contributed by atoms with Crippen molar-refractivity contribution in [2.45, 2.75) is 25.9 Å². The van der Waals surface area contributed by atoms with Gasteiger partial charge in [0.15, 0.2) is 0 Å². The average molecular weight is 222 g/mol. The minimum Gasteiger partial charge on any atom is -0.336 e. The Morgan fingerprint density at radius 1 is 1.38 bits per heavy atom. The minimum atomic E-state index is -0.786. The van der Waals surface area contributed by atoms with Crippen molar-refractivity contribution in [3.63, 3.8) is 0 Å². The molecule has 2 rings (SSSR count). The molecule has 3 amide bonds. The maximum absolute atomic E-state index is 11.8. The largest absolute Gasteiger partial charge is 0.336 e. The molecule has 0 aromatic carbocycles. The maximum Gasteiger partial charge on any atom is 0.325 e. The second-order valence-corrected chi connectivity index (χ2v) is 4.31. The standard InChI is InChI=1S/C10H14N4O2/c1-10(2)8(15)14(9(16)12-10)6-5-13-4-3-11-7-13/h3-4,7H,5-6H2,1-2H3,(H,12,16). The van der Waals surface area contributed by atoms with Crippen LogP contribution in [0.3, 0.4) is 0 Å². The van der Waals surface area contributed by atoms with E-state index in [0.29, 0.717) is 13.1 Å². The molecule has 1 aromatic heterocycles. The fourth-order valence-electron chi connectivity index (χ4n) is 1.66. The predicted molar refractivity (Wildman–Crippen MR) is 56.6 cm³/mol. The number of nitrogens with one attached hydrogen (secondary N) is 1. The van der Waals surface area contributed by atoms with Gasteiger partial charge in [0.2, 0.25) is 0 Å². The Hall–Kier alpha value is -1.85. The normalized spacial score (nSPS) is 19.0. The zero-order chi connectivity index (χ0) is 11.8. The van der Waals surface area contributed by atoms with Crippen LogP contribution in [0, 0.1) is 0 Å². The van der Waals surface area contributed by atoms with Crippen molar-refractivity contribution in [1.82, 2.24) is 19.8 Å². The predicted octanol–water partition coefficient (Wildman–Crippen LogP) is 0.213. The highest BCUT2D eigenvalue weighted by atomic mass is 16.2. The smallest absolute Gasteiger partial charge is 0.325 e. The Balaban J connectivity index is 2.00. The molecule has 2 heterocycles. The van der Waals surface area contributed by atoms with Gasteiger partial charge in [0, 0.05) is 25.5 Å². The van der Waals surface area contributed by atoms with Crippen LogP contribution in [-0.4, -0.2) is 38.5 Å². The van der Waals surface area contributed by atoms with E-state index in [4.69, 9.17) is 0 Å². The topological polar surface area (TPSA) is 67.2 Å². The van der Waals surface area contributed by atoms with Gasteiger partial charge in [0.1, 0.15) is 5.54 Å². The summed E-state index contributed by atoms with van der Waals surface area (Å²) in [4.78, 5) is 28.5. The number of carbonyl (C=O) groups is 2. The van der Waals surface area contributed by atoms with Crippen LogP contribution in [-0.2, 0) is 11.3 Å². The minimum absolute atomic E-state index is 0.183. The van der Waals surface area contributed by atoms with E-state index in [1.807, 2.05) is 4.57 Å². The third kappa shape index (κ3) is 1.78. The molecule has 1 aliphatic heterocycles. The van der Waals surface area contributed by atoms with Crippen molar-refractivity contribution in [2.75, 3.05) is 6.54 Å². The van der Waals surface area contributed by atoms with E-state index in [2.05, 4.69) is 10.3 Å². The Kier molecular flexibility index (Phi) is 2.41. The average Bonchev–Trinajstić information content (AvgIpc) is 2.74. The van der Waals surface area contributed by atoms with E-state index in [1.165, 1.54) is 4.90 Å². The third-order valence-corrected chi connectivity index (χ3v) is 2.59. The van der Waals surface area contributed by atoms with Crippen molar-refractivity contribution in [3.05, 3.63) is 18.7 Å². The van der Waals surface area contributed by atoms with E-state index < -0.39 is 5.54 Å². The molecule has 0 unspecified atom stereocenters. The lowest BCUT2D eigenvalue weighted by Gasteiger charge is -2.15. The van der Waals surface area contributed by atoms with E-state index >= 15 is 0 Å². The molecule has 1 aromatic rings. The molecule has 1 saturated heterocycles. The number of nitrogens with zero attached hydrogens (tertiary/aromatic N) is 3. The Bertz CT molecular complexity index is 410. The Morgan fingerprint density at radius 3 is 2.62 bits per heavy atom. The summed E-state index contributed by atoms with van der Waals surface area (Å²) >= 11 is 0. The van der Waals surface area contributed by atoms with Gasteiger partial charge in [0.25, 0.3) is 5.91 Å². The van der Waals surface area contributed by atoms with Gasteiger partial charge < -0.3 is 9.88 Å². The van der Waals surface area contributed by atoms with E-state index in [1.54, 1.807) is 32.6 Å². The molecule has 0 aliphatic carbocycles. The van der Waals surface area contributed by atoms with Crippen LogP contribution in [0.4, 0.5) is 4.79 Å². The van der Waals surface area contributed by atoms with E-state index in [0.717, 1.165) is 0 Å². The van der Waals surface area contributed by atoms with Crippen LogP contribution in [0.15, 0.2) is 18.7 Å². The first kappa shape index (κ1) is 10.7. The summed E-state index contributed by atoms with van der Waals surface area (Å²) in [7, 11) is 0. The number of imide groups is 1. The number of aromatic nitrogens is 2. The summed E-state index contributed by atoms with van der Waals surface area (Å²) < 4.78 is 1.83. The molecular formula is C10H14N4O2. The molecule has 0 radical (unpaired) electrons. The Labute approximate surface area is 93.3 Å². The number of urea groups is 1. The number of hydrogen-bond acceptors (Lipinski definition) is 3. The molecule has 0 spiro atoms. The molecule has 1 N–H and O–H groups in total. The Morgan fingerprint density at radius 2 is 2.12 bits per heavy atom. The first-order valence-corrected chi connectivity index (χ1v) is 5.10. The third-order valence-electron chi connectivity index (χ3n) is 2.59.